The summed E-state index contributed by atoms with van der Waals surface area (Å²) in [6.07, 6.45) is 1.86. The lowest BCUT2D eigenvalue weighted by Crippen LogP contribution is -2.47. The molecule has 1 saturated carbocycles. The van der Waals surface area contributed by atoms with Gasteiger partial charge in [0.2, 0.25) is 5.91 Å². The fraction of sp³-hybridized carbons (Fsp3) is 0.529. The van der Waals surface area contributed by atoms with Crippen molar-refractivity contribution < 1.29 is 19.1 Å². The second-order valence-corrected chi connectivity index (χ2v) is 5.96. The first-order valence-corrected chi connectivity index (χ1v) is 7.93. The van der Waals surface area contributed by atoms with E-state index in [9.17, 15) is 19.1 Å². The zero-order valence-corrected chi connectivity index (χ0v) is 13.5. The third-order valence-corrected chi connectivity index (χ3v) is 4.19. The second-order valence-electron chi connectivity index (χ2n) is 5.96. The van der Waals surface area contributed by atoms with Gasteiger partial charge in [-0.05, 0) is 44.4 Å². The van der Waals surface area contributed by atoms with Crippen LogP contribution >= 0.6 is 0 Å². The predicted molar refractivity (Wildman–Crippen MR) is 84.3 cm³/mol. The number of nitrogens with zero attached hydrogens (tertiary/aromatic N) is 2. The van der Waals surface area contributed by atoms with Gasteiger partial charge in [0.1, 0.15) is 11.9 Å². The van der Waals surface area contributed by atoms with Crippen LogP contribution in [0.3, 0.4) is 0 Å². The summed E-state index contributed by atoms with van der Waals surface area (Å²) < 4.78 is 13.3. The van der Waals surface area contributed by atoms with Gasteiger partial charge in [-0.15, -0.1) is 0 Å². The Morgan fingerprint density at radius 2 is 2.09 bits per heavy atom. The molecule has 126 valence electrons. The molecule has 1 aliphatic rings. The number of carbonyl (C=O) groups excluding carboxylic acids is 1. The second kappa shape index (κ2) is 7.55. The third-order valence-electron chi connectivity index (χ3n) is 4.19. The maximum Gasteiger partial charge on any atom is 0.320 e. The molecule has 0 heterocycles. The topological polar surface area (TPSA) is 60.9 Å². The Bertz CT molecular complexity index is 575. The van der Waals surface area contributed by atoms with Gasteiger partial charge in [-0.25, -0.2) is 4.39 Å². The van der Waals surface area contributed by atoms with Crippen molar-refractivity contribution in [2.45, 2.75) is 45.3 Å². The van der Waals surface area contributed by atoms with Gasteiger partial charge >= 0.3 is 5.97 Å². The van der Waals surface area contributed by atoms with Gasteiger partial charge in [0, 0.05) is 19.1 Å². The third kappa shape index (κ3) is 4.76. The number of halogens is 1. The van der Waals surface area contributed by atoms with E-state index in [4.69, 9.17) is 0 Å². The zero-order valence-electron chi connectivity index (χ0n) is 13.5. The van der Waals surface area contributed by atoms with E-state index in [1.807, 2.05) is 6.92 Å². The summed E-state index contributed by atoms with van der Waals surface area (Å²) in [6.45, 7) is 4.37. The predicted octanol–water partition coefficient (Wildman–Crippen LogP) is 2.11. The highest BCUT2D eigenvalue weighted by Gasteiger charge is 2.36. The number of rotatable bonds is 8. The maximum atomic E-state index is 13.3. The Labute approximate surface area is 135 Å². The molecule has 5 nitrogen and oxygen atoms in total. The summed E-state index contributed by atoms with van der Waals surface area (Å²) >= 11 is 0. The molecule has 1 unspecified atom stereocenters. The molecular weight excluding hydrogens is 299 g/mol. The molecule has 0 spiro atoms. The molecule has 0 aromatic heterocycles. The summed E-state index contributed by atoms with van der Waals surface area (Å²) in [6, 6.07) is 5.67. The molecule has 2 rings (SSSR count). The molecule has 1 aromatic carbocycles. The summed E-state index contributed by atoms with van der Waals surface area (Å²) in [5, 5.41) is 9.20. The van der Waals surface area contributed by atoms with Crippen molar-refractivity contribution >= 4 is 11.9 Å². The summed E-state index contributed by atoms with van der Waals surface area (Å²) in [4.78, 5) is 27.1. The van der Waals surface area contributed by atoms with E-state index >= 15 is 0 Å². The molecule has 0 aliphatic heterocycles. The van der Waals surface area contributed by atoms with Gasteiger partial charge in [-0.3, -0.25) is 14.5 Å². The normalized spacial score (nSPS) is 15.5. The average Bonchev–Trinajstić information content (AvgIpc) is 3.34. The van der Waals surface area contributed by atoms with Crippen molar-refractivity contribution in [3.05, 3.63) is 35.6 Å². The number of hydrogen-bond donors (Lipinski definition) is 1. The summed E-state index contributed by atoms with van der Waals surface area (Å²) in [7, 11) is 0. The minimum Gasteiger partial charge on any atom is -0.480 e. The number of aliphatic carboxylic acids is 1. The minimum atomic E-state index is -0.919. The van der Waals surface area contributed by atoms with Gasteiger partial charge in [0.15, 0.2) is 0 Å². The molecule has 0 saturated heterocycles. The van der Waals surface area contributed by atoms with Crippen molar-refractivity contribution in [3.63, 3.8) is 0 Å². The SMILES string of the molecule is CCN(Cc1cccc(F)c1)C(=O)CN(C1CC1)C(C)C(=O)O. The lowest BCUT2D eigenvalue weighted by atomic mass is 10.2. The van der Waals surface area contributed by atoms with Crippen LogP contribution in [-0.4, -0.2) is 52.0 Å². The van der Waals surface area contributed by atoms with Gasteiger partial charge < -0.3 is 10.0 Å². The van der Waals surface area contributed by atoms with Gasteiger partial charge in [0.25, 0.3) is 0 Å². The summed E-state index contributed by atoms with van der Waals surface area (Å²) in [5.41, 5.74) is 0.726. The van der Waals surface area contributed by atoms with Crippen LogP contribution in [0.25, 0.3) is 0 Å². The van der Waals surface area contributed by atoms with Crippen LogP contribution in [0, 0.1) is 5.82 Å². The van der Waals surface area contributed by atoms with E-state index < -0.39 is 12.0 Å². The molecule has 23 heavy (non-hydrogen) atoms. The van der Waals surface area contributed by atoms with Gasteiger partial charge in [-0.2, -0.15) is 0 Å². The van der Waals surface area contributed by atoms with Crippen molar-refractivity contribution in [1.29, 1.82) is 0 Å². The van der Waals surface area contributed by atoms with Crippen molar-refractivity contribution in [2.75, 3.05) is 13.1 Å². The van der Waals surface area contributed by atoms with Crippen LogP contribution in [0.2, 0.25) is 0 Å². The molecule has 1 N–H and O–H groups in total. The molecule has 1 aliphatic carbocycles. The Balaban J connectivity index is 2.02. The molecule has 1 aromatic rings. The highest BCUT2D eigenvalue weighted by Crippen LogP contribution is 2.28. The number of likely N-dealkylation sites (N-methyl/N-ethyl adjacent to an activating group) is 1. The van der Waals surface area contributed by atoms with Crippen LogP contribution in [0.15, 0.2) is 24.3 Å². The van der Waals surface area contributed by atoms with Crippen molar-refractivity contribution in [1.82, 2.24) is 9.80 Å². The molecule has 0 radical (unpaired) electrons. The highest BCUT2D eigenvalue weighted by atomic mass is 19.1. The Hall–Kier alpha value is -1.95. The standard InChI is InChI=1S/C17H23FN2O3/c1-3-19(10-13-5-4-6-14(18)9-13)16(21)11-20(15-7-8-15)12(2)17(22)23/h4-6,9,12,15H,3,7-8,10-11H2,1-2H3,(H,22,23). The quantitative estimate of drug-likeness (QED) is 0.796. The number of carboxylic acid groups (broad SMARTS) is 1. The van der Waals surface area contributed by atoms with Gasteiger partial charge in [0.05, 0.1) is 6.54 Å². The zero-order chi connectivity index (χ0) is 17.0. The molecule has 1 atom stereocenters. The molecule has 1 fully saturated rings. The number of hydrogen-bond acceptors (Lipinski definition) is 3. The van der Waals surface area contributed by atoms with E-state index in [2.05, 4.69) is 0 Å². The first kappa shape index (κ1) is 17.4. The van der Waals surface area contributed by atoms with Gasteiger partial charge in [-0.1, -0.05) is 12.1 Å². The van der Waals surface area contributed by atoms with E-state index in [0.29, 0.717) is 13.1 Å². The molecule has 0 bridgehead atoms. The fourth-order valence-electron chi connectivity index (χ4n) is 2.62. The smallest absolute Gasteiger partial charge is 0.320 e. The van der Waals surface area contributed by atoms with Crippen LogP contribution in [0.4, 0.5) is 4.39 Å². The Morgan fingerprint density at radius 1 is 1.39 bits per heavy atom. The average molecular weight is 322 g/mol. The first-order valence-electron chi connectivity index (χ1n) is 7.93. The van der Waals surface area contributed by atoms with E-state index in [1.54, 1.807) is 28.9 Å². The highest BCUT2D eigenvalue weighted by molar-refractivity contribution is 5.80. The Kier molecular flexibility index (Phi) is 5.71. The van der Waals surface area contributed by atoms with Crippen LogP contribution in [-0.2, 0) is 16.1 Å². The first-order chi connectivity index (χ1) is 10.9. The molecular formula is C17H23FN2O3. The number of carbonyl (C=O) groups is 2. The monoisotopic (exact) mass is 322 g/mol. The number of amides is 1. The minimum absolute atomic E-state index is 0.0846. The lowest BCUT2D eigenvalue weighted by Gasteiger charge is -2.29. The maximum absolute atomic E-state index is 13.3. The fourth-order valence-corrected chi connectivity index (χ4v) is 2.62. The molecule has 6 heteroatoms. The van der Waals surface area contributed by atoms with E-state index in [0.717, 1.165) is 18.4 Å². The van der Waals surface area contributed by atoms with E-state index in [1.165, 1.54) is 12.1 Å². The van der Waals surface area contributed by atoms with Crippen molar-refractivity contribution in [2.24, 2.45) is 0 Å². The van der Waals surface area contributed by atoms with E-state index in [-0.39, 0.29) is 24.3 Å². The number of benzene rings is 1. The summed E-state index contributed by atoms with van der Waals surface area (Å²) in [5.74, 6) is -1.38. The molecule has 1 amide bonds. The van der Waals surface area contributed by atoms with Crippen LogP contribution < -0.4 is 0 Å². The number of carboxylic acids is 1. The Morgan fingerprint density at radius 3 is 2.61 bits per heavy atom. The van der Waals surface area contributed by atoms with Crippen LogP contribution in [0.1, 0.15) is 32.3 Å². The lowest BCUT2D eigenvalue weighted by molar-refractivity contribution is -0.144. The largest absolute Gasteiger partial charge is 0.480 e. The van der Waals surface area contributed by atoms with Crippen LogP contribution in [0.5, 0.6) is 0 Å². The van der Waals surface area contributed by atoms with Crippen molar-refractivity contribution in [3.8, 4) is 0 Å².